The van der Waals surface area contributed by atoms with Crippen LogP contribution in [0.3, 0.4) is 0 Å². The minimum Gasteiger partial charge on any atom is -0.387 e. The van der Waals surface area contributed by atoms with Crippen molar-refractivity contribution < 1.29 is 9.32 Å². The van der Waals surface area contributed by atoms with Crippen LogP contribution in [0.5, 0.6) is 0 Å². The highest BCUT2D eigenvalue weighted by molar-refractivity contribution is 7.84. The lowest BCUT2D eigenvalue weighted by molar-refractivity contribution is 0.108. The molecular weight excluding hydrogens is 320 g/mol. The summed E-state index contributed by atoms with van der Waals surface area (Å²) in [6, 6.07) is 16.9. The zero-order valence-electron chi connectivity index (χ0n) is 14.1. The average molecular weight is 342 g/mol. The summed E-state index contributed by atoms with van der Waals surface area (Å²) in [5, 5.41) is 19.2. The van der Waals surface area contributed by atoms with E-state index in [0.717, 1.165) is 16.0 Å². The maximum Gasteiger partial charge on any atom is 0.0991 e. The first kappa shape index (κ1) is 18.3. The molecule has 0 fully saturated rings. The number of aliphatic hydroxyl groups is 1. The summed E-state index contributed by atoms with van der Waals surface area (Å²) < 4.78 is 11.5. The van der Waals surface area contributed by atoms with Crippen LogP contribution in [0.2, 0.25) is 0 Å². The van der Waals surface area contributed by atoms with E-state index in [0.29, 0.717) is 12.1 Å². The van der Waals surface area contributed by atoms with Crippen molar-refractivity contribution in [1.82, 2.24) is 4.90 Å². The summed E-state index contributed by atoms with van der Waals surface area (Å²) in [6.45, 7) is 2.55. The molecule has 0 aliphatic heterocycles. The van der Waals surface area contributed by atoms with Gasteiger partial charge < -0.3 is 5.11 Å². The van der Waals surface area contributed by atoms with E-state index >= 15 is 0 Å². The highest BCUT2D eigenvalue weighted by Gasteiger charge is 2.17. The molecule has 3 unspecified atom stereocenters. The lowest BCUT2D eigenvalue weighted by Crippen LogP contribution is -2.27. The van der Waals surface area contributed by atoms with Gasteiger partial charge in [-0.15, -0.1) is 0 Å². The fourth-order valence-corrected chi connectivity index (χ4v) is 3.03. The Hall–Kier alpha value is -2.00. The summed E-state index contributed by atoms with van der Waals surface area (Å²) in [6.07, 6.45) is 1.05. The monoisotopic (exact) mass is 342 g/mol. The summed E-state index contributed by atoms with van der Waals surface area (Å²) >= 11 is 0. The van der Waals surface area contributed by atoms with E-state index in [1.54, 1.807) is 30.5 Å². The number of benzene rings is 2. The van der Waals surface area contributed by atoms with E-state index in [2.05, 4.69) is 17.9 Å². The minimum atomic E-state index is -0.975. The Bertz CT molecular complexity index is 735. The molecule has 0 radical (unpaired) electrons. The summed E-state index contributed by atoms with van der Waals surface area (Å²) in [5.74, 6) is 0. The molecule has 24 heavy (non-hydrogen) atoms. The van der Waals surface area contributed by atoms with Gasteiger partial charge in [0.2, 0.25) is 0 Å². The number of rotatable bonds is 6. The van der Waals surface area contributed by atoms with Crippen molar-refractivity contribution >= 4 is 10.8 Å². The Labute approximate surface area is 145 Å². The molecule has 0 bridgehead atoms. The van der Waals surface area contributed by atoms with Crippen molar-refractivity contribution in [3.8, 4) is 6.07 Å². The molecule has 0 spiro atoms. The van der Waals surface area contributed by atoms with E-state index in [1.807, 2.05) is 31.3 Å². The molecule has 2 aromatic rings. The third-order valence-corrected chi connectivity index (χ3v) is 5.18. The molecule has 1 N–H and O–H groups in total. The van der Waals surface area contributed by atoms with Crippen LogP contribution in [-0.2, 0) is 10.8 Å². The van der Waals surface area contributed by atoms with Gasteiger partial charge in [0.25, 0.3) is 0 Å². The highest BCUT2D eigenvalue weighted by Crippen LogP contribution is 2.23. The molecule has 0 saturated carbocycles. The normalized spacial score (nSPS) is 14.8. The summed E-state index contributed by atoms with van der Waals surface area (Å²) in [5.41, 5.74) is 2.49. The number of hydrogen-bond donors (Lipinski definition) is 1. The predicted octanol–water partition coefficient (Wildman–Crippen LogP) is 3.02. The summed E-state index contributed by atoms with van der Waals surface area (Å²) in [7, 11) is 0.987. The largest absolute Gasteiger partial charge is 0.387 e. The SMILES string of the molecule is CC(c1ccc(S(C)=O)cc1)N(C)CC(O)c1ccc(C#N)cc1. The molecular formula is C19H22N2O2S. The maximum atomic E-state index is 11.5. The number of nitrogens with zero attached hydrogens (tertiary/aromatic N) is 2. The highest BCUT2D eigenvalue weighted by atomic mass is 32.2. The molecule has 0 aliphatic rings. The Morgan fingerprint density at radius 1 is 1.12 bits per heavy atom. The first-order chi connectivity index (χ1) is 11.4. The number of nitriles is 1. The average Bonchev–Trinajstić information content (AvgIpc) is 2.61. The Morgan fingerprint density at radius 3 is 2.17 bits per heavy atom. The molecule has 4 nitrogen and oxygen atoms in total. The topological polar surface area (TPSA) is 64.3 Å². The van der Waals surface area contributed by atoms with Crippen LogP contribution in [-0.4, -0.2) is 34.1 Å². The minimum absolute atomic E-state index is 0.123. The molecule has 0 aliphatic carbocycles. The molecule has 0 saturated heterocycles. The van der Waals surface area contributed by atoms with Crippen LogP contribution in [0, 0.1) is 11.3 Å². The molecule has 2 aromatic carbocycles. The number of hydrogen-bond acceptors (Lipinski definition) is 4. The van der Waals surface area contributed by atoms with E-state index in [-0.39, 0.29) is 6.04 Å². The van der Waals surface area contributed by atoms with Crippen LogP contribution in [0.25, 0.3) is 0 Å². The quantitative estimate of drug-likeness (QED) is 0.876. The second-order valence-corrected chi connectivity index (χ2v) is 7.27. The van der Waals surface area contributed by atoms with Gasteiger partial charge >= 0.3 is 0 Å². The van der Waals surface area contributed by atoms with Gasteiger partial charge in [0, 0.05) is 34.5 Å². The first-order valence-electron chi connectivity index (χ1n) is 7.74. The molecule has 0 amide bonds. The standard InChI is InChI=1S/C19H22N2O2S/c1-14(16-8-10-18(11-9-16)24(3)23)21(2)13-19(22)17-6-4-15(12-20)5-7-17/h4-11,14,19,22H,13H2,1-3H3. The summed E-state index contributed by atoms with van der Waals surface area (Å²) in [4.78, 5) is 2.88. The number of aliphatic hydroxyl groups excluding tert-OH is 1. The van der Waals surface area contributed by atoms with Gasteiger partial charge in [0.15, 0.2) is 0 Å². The van der Waals surface area contributed by atoms with E-state index in [1.165, 1.54) is 0 Å². The number of likely N-dealkylation sites (N-methyl/N-ethyl adjacent to an activating group) is 1. The van der Waals surface area contributed by atoms with Crippen LogP contribution < -0.4 is 0 Å². The van der Waals surface area contributed by atoms with Crippen LogP contribution in [0.1, 0.15) is 35.8 Å². The Balaban J connectivity index is 2.03. The molecule has 5 heteroatoms. The van der Waals surface area contributed by atoms with Gasteiger partial charge in [0.1, 0.15) is 0 Å². The second kappa shape index (κ2) is 8.20. The van der Waals surface area contributed by atoms with Crippen molar-refractivity contribution in [2.75, 3.05) is 19.8 Å². The molecule has 0 aromatic heterocycles. The van der Waals surface area contributed by atoms with Crippen LogP contribution >= 0.6 is 0 Å². The van der Waals surface area contributed by atoms with E-state index < -0.39 is 16.9 Å². The first-order valence-corrected chi connectivity index (χ1v) is 9.30. The van der Waals surface area contributed by atoms with Gasteiger partial charge in [-0.3, -0.25) is 9.11 Å². The van der Waals surface area contributed by atoms with Crippen molar-refractivity contribution in [3.63, 3.8) is 0 Å². The molecule has 2 rings (SSSR count). The third kappa shape index (κ3) is 4.51. The fraction of sp³-hybridized carbons (Fsp3) is 0.316. The molecule has 126 valence electrons. The fourth-order valence-electron chi connectivity index (χ4n) is 2.51. The lowest BCUT2D eigenvalue weighted by Gasteiger charge is -2.27. The van der Waals surface area contributed by atoms with Gasteiger partial charge in [-0.05, 0) is 49.4 Å². The smallest absolute Gasteiger partial charge is 0.0991 e. The van der Waals surface area contributed by atoms with Crippen molar-refractivity contribution in [2.45, 2.75) is 24.0 Å². The van der Waals surface area contributed by atoms with Crippen molar-refractivity contribution in [3.05, 3.63) is 65.2 Å². The van der Waals surface area contributed by atoms with Crippen LogP contribution in [0.4, 0.5) is 0 Å². The second-order valence-electron chi connectivity index (χ2n) is 5.89. The van der Waals surface area contributed by atoms with Crippen LogP contribution in [0.15, 0.2) is 53.4 Å². The van der Waals surface area contributed by atoms with E-state index in [4.69, 9.17) is 5.26 Å². The lowest BCUT2D eigenvalue weighted by atomic mass is 10.0. The Kier molecular flexibility index (Phi) is 6.27. The predicted molar refractivity (Wildman–Crippen MR) is 95.9 cm³/mol. The van der Waals surface area contributed by atoms with Gasteiger partial charge in [-0.25, -0.2) is 0 Å². The maximum absolute atomic E-state index is 11.5. The Morgan fingerprint density at radius 2 is 1.67 bits per heavy atom. The van der Waals surface area contributed by atoms with Crippen molar-refractivity contribution in [2.24, 2.45) is 0 Å². The van der Waals surface area contributed by atoms with Gasteiger partial charge in [0.05, 0.1) is 17.7 Å². The van der Waals surface area contributed by atoms with Crippen molar-refractivity contribution in [1.29, 1.82) is 5.26 Å². The van der Waals surface area contributed by atoms with Gasteiger partial charge in [-0.2, -0.15) is 5.26 Å². The van der Waals surface area contributed by atoms with E-state index in [9.17, 15) is 9.32 Å². The zero-order valence-corrected chi connectivity index (χ0v) is 15.0. The molecule has 3 atom stereocenters. The molecule has 0 heterocycles. The third-order valence-electron chi connectivity index (χ3n) is 4.24. The zero-order chi connectivity index (χ0) is 17.7. The van der Waals surface area contributed by atoms with Gasteiger partial charge in [-0.1, -0.05) is 24.3 Å².